The molecule has 164 valence electrons. The summed E-state index contributed by atoms with van der Waals surface area (Å²) in [4.78, 5) is 30.5. The van der Waals surface area contributed by atoms with Gasteiger partial charge in [-0.2, -0.15) is 0 Å². The van der Waals surface area contributed by atoms with Gasteiger partial charge in [0.25, 0.3) is 0 Å². The number of aliphatic hydroxyl groups is 1. The number of aromatic nitrogens is 1. The molecule has 0 radical (unpaired) electrons. The van der Waals surface area contributed by atoms with Crippen LogP contribution in [0.15, 0.2) is 36.7 Å². The first kappa shape index (κ1) is 22.4. The molecule has 2 amide bonds. The van der Waals surface area contributed by atoms with Gasteiger partial charge in [-0.3, -0.25) is 19.5 Å². The number of hydrogen-bond donors (Lipinski definition) is 3. The zero-order chi connectivity index (χ0) is 21.2. The quantitative estimate of drug-likeness (QED) is 0.453. The van der Waals surface area contributed by atoms with Crippen LogP contribution >= 0.6 is 0 Å². The lowest BCUT2D eigenvalue weighted by Crippen LogP contribution is -2.52. The number of carbonyl (C=O) groups is 2. The molecule has 2 aliphatic rings. The fourth-order valence-corrected chi connectivity index (χ4v) is 3.48. The molecule has 0 bridgehead atoms. The minimum Gasteiger partial charge on any atom is -0.394 e. The first-order valence-corrected chi connectivity index (χ1v) is 10.3. The molecule has 3 atom stereocenters. The van der Waals surface area contributed by atoms with Gasteiger partial charge in [0.05, 0.1) is 44.9 Å². The van der Waals surface area contributed by atoms with Crippen molar-refractivity contribution in [2.75, 3.05) is 46.0 Å². The SMILES string of the molecule is O=C(C[C@H]1C=C[C@@H](NC(=O)CN2CCOCC2)[C@@H](CO)O1)NCCc1ccncc1. The standard InChI is InChI=1S/C21H30N4O5/c26-15-19-18(24-21(28)14-25-9-11-29-12-10-25)2-1-17(30-19)13-20(27)23-8-5-16-3-6-22-7-4-16/h1-4,6-7,17-19,26H,5,8-15H2,(H,23,27)(H,24,28)/t17-,18-,19-/m1/s1. The molecule has 0 saturated carbocycles. The van der Waals surface area contributed by atoms with E-state index in [0.29, 0.717) is 19.8 Å². The summed E-state index contributed by atoms with van der Waals surface area (Å²) < 4.78 is 11.1. The van der Waals surface area contributed by atoms with Gasteiger partial charge in [-0.05, 0) is 24.1 Å². The van der Waals surface area contributed by atoms with Crippen molar-refractivity contribution in [1.82, 2.24) is 20.5 Å². The van der Waals surface area contributed by atoms with E-state index in [1.165, 1.54) is 0 Å². The Hall–Kier alpha value is -2.33. The van der Waals surface area contributed by atoms with E-state index < -0.39 is 18.2 Å². The summed E-state index contributed by atoms with van der Waals surface area (Å²) in [6.07, 6.45) is 6.90. The van der Waals surface area contributed by atoms with Crippen LogP contribution < -0.4 is 10.6 Å². The minimum absolute atomic E-state index is 0.120. The van der Waals surface area contributed by atoms with Gasteiger partial charge in [0.1, 0.15) is 6.10 Å². The molecule has 2 aliphatic heterocycles. The summed E-state index contributed by atoms with van der Waals surface area (Å²) in [5, 5.41) is 15.4. The van der Waals surface area contributed by atoms with Crippen LogP contribution in [0.2, 0.25) is 0 Å². The van der Waals surface area contributed by atoms with Crippen molar-refractivity contribution in [3.63, 3.8) is 0 Å². The lowest BCUT2D eigenvalue weighted by Gasteiger charge is -2.32. The smallest absolute Gasteiger partial charge is 0.234 e. The number of rotatable bonds is 9. The Bertz CT molecular complexity index is 709. The second kappa shape index (κ2) is 11.8. The van der Waals surface area contributed by atoms with Crippen LogP contribution in [0, 0.1) is 0 Å². The first-order chi connectivity index (χ1) is 14.6. The number of morpholine rings is 1. The molecule has 3 rings (SSSR count). The number of nitrogens with one attached hydrogen (secondary N) is 2. The number of hydrogen-bond acceptors (Lipinski definition) is 7. The Kier molecular flexibility index (Phi) is 8.76. The predicted molar refractivity (Wildman–Crippen MR) is 110 cm³/mol. The average molecular weight is 418 g/mol. The van der Waals surface area contributed by atoms with Crippen LogP contribution in [0.25, 0.3) is 0 Å². The molecule has 0 spiro atoms. The van der Waals surface area contributed by atoms with Gasteiger partial charge in [-0.15, -0.1) is 0 Å². The Morgan fingerprint density at radius 2 is 1.93 bits per heavy atom. The highest BCUT2D eigenvalue weighted by atomic mass is 16.5. The highest BCUT2D eigenvalue weighted by Gasteiger charge is 2.29. The zero-order valence-electron chi connectivity index (χ0n) is 17.0. The van der Waals surface area contributed by atoms with Crippen molar-refractivity contribution in [2.45, 2.75) is 31.1 Å². The predicted octanol–water partition coefficient (Wildman–Crippen LogP) is -0.737. The monoisotopic (exact) mass is 418 g/mol. The average Bonchev–Trinajstić information content (AvgIpc) is 2.76. The topological polar surface area (TPSA) is 113 Å². The van der Waals surface area contributed by atoms with E-state index in [4.69, 9.17) is 9.47 Å². The maximum Gasteiger partial charge on any atom is 0.234 e. The molecule has 3 heterocycles. The van der Waals surface area contributed by atoms with Gasteiger partial charge in [0.2, 0.25) is 11.8 Å². The Morgan fingerprint density at radius 1 is 1.17 bits per heavy atom. The van der Waals surface area contributed by atoms with Crippen molar-refractivity contribution in [3.8, 4) is 0 Å². The van der Waals surface area contributed by atoms with E-state index in [1.54, 1.807) is 24.5 Å². The van der Waals surface area contributed by atoms with Gasteiger partial charge in [-0.25, -0.2) is 0 Å². The lowest BCUT2D eigenvalue weighted by molar-refractivity contribution is -0.129. The number of ether oxygens (including phenoxy) is 2. The zero-order valence-corrected chi connectivity index (χ0v) is 17.0. The van der Waals surface area contributed by atoms with Crippen LogP contribution in [0.4, 0.5) is 0 Å². The van der Waals surface area contributed by atoms with Gasteiger partial charge in [0.15, 0.2) is 0 Å². The number of aliphatic hydroxyl groups excluding tert-OH is 1. The van der Waals surface area contributed by atoms with Crippen molar-refractivity contribution in [3.05, 3.63) is 42.2 Å². The van der Waals surface area contributed by atoms with Crippen molar-refractivity contribution >= 4 is 11.8 Å². The number of pyridine rings is 1. The molecule has 1 saturated heterocycles. The van der Waals surface area contributed by atoms with Crippen LogP contribution in [0.5, 0.6) is 0 Å². The van der Waals surface area contributed by atoms with Crippen molar-refractivity contribution in [2.24, 2.45) is 0 Å². The van der Waals surface area contributed by atoms with E-state index in [-0.39, 0.29) is 31.4 Å². The molecular formula is C21H30N4O5. The molecule has 30 heavy (non-hydrogen) atoms. The summed E-state index contributed by atoms with van der Waals surface area (Å²) in [6.45, 7) is 3.29. The van der Waals surface area contributed by atoms with Gasteiger partial charge >= 0.3 is 0 Å². The number of amides is 2. The normalized spacial score (nSPS) is 24.4. The maximum atomic E-state index is 12.3. The number of carbonyl (C=O) groups excluding carboxylic acids is 2. The summed E-state index contributed by atoms with van der Waals surface area (Å²) >= 11 is 0. The van der Waals surface area contributed by atoms with E-state index in [1.807, 2.05) is 17.0 Å². The Balaban J connectivity index is 1.41. The van der Waals surface area contributed by atoms with E-state index in [0.717, 1.165) is 25.1 Å². The molecule has 3 N–H and O–H groups in total. The molecule has 0 unspecified atom stereocenters. The maximum absolute atomic E-state index is 12.3. The Labute approximate surface area is 176 Å². The van der Waals surface area contributed by atoms with E-state index in [9.17, 15) is 14.7 Å². The molecule has 9 nitrogen and oxygen atoms in total. The van der Waals surface area contributed by atoms with E-state index >= 15 is 0 Å². The summed E-state index contributed by atoms with van der Waals surface area (Å²) in [7, 11) is 0. The highest BCUT2D eigenvalue weighted by Crippen LogP contribution is 2.16. The fraction of sp³-hybridized carbons (Fsp3) is 0.571. The van der Waals surface area contributed by atoms with Crippen LogP contribution in [0.1, 0.15) is 12.0 Å². The molecule has 1 aromatic heterocycles. The van der Waals surface area contributed by atoms with Crippen LogP contribution in [-0.2, 0) is 25.5 Å². The number of nitrogens with zero attached hydrogens (tertiary/aromatic N) is 2. The third-order valence-corrected chi connectivity index (χ3v) is 5.13. The summed E-state index contributed by atoms with van der Waals surface area (Å²) in [6, 6.07) is 3.41. The third-order valence-electron chi connectivity index (χ3n) is 5.13. The minimum atomic E-state index is -0.585. The third kappa shape index (κ3) is 7.17. The molecule has 1 fully saturated rings. The second-order valence-corrected chi connectivity index (χ2v) is 7.42. The van der Waals surface area contributed by atoms with Crippen LogP contribution in [0.3, 0.4) is 0 Å². The van der Waals surface area contributed by atoms with E-state index in [2.05, 4.69) is 15.6 Å². The van der Waals surface area contributed by atoms with Gasteiger partial charge in [-0.1, -0.05) is 12.2 Å². The summed E-state index contributed by atoms with van der Waals surface area (Å²) in [5.41, 5.74) is 1.11. The molecule has 0 aromatic carbocycles. The highest BCUT2D eigenvalue weighted by molar-refractivity contribution is 5.79. The largest absolute Gasteiger partial charge is 0.394 e. The molecule has 1 aromatic rings. The second-order valence-electron chi connectivity index (χ2n) is 7.42. The molecular weight excluding hydrogens is 388 g/mol. The van der Waals surface area contributed by atoms with Gasteiger partial charge < -0.3 is 25.2 Å². The van der Waals surface area contributed by atoms with Crippen molar-refractivity contribution < 1.29 is 24.2 Å². The van der Waals surface area contributed by atoms with Gasteiger partial charge in [0, 0.05) is 32.0 Å². The first-order valence-electron chi connectivity index (χ1n) is 10.3. The van der Waals surface area contributed by atoms with Crippen molar-refractivity contribution in [1.29, 1.82) is 0 Å². The fourth-order valence-electron chi connectivity index (χ4n) is 3.48. The lowest BCUT2D eigenvalue weighted by atomic mass is 10.0. The Morgan fingerprint density at radius 3 is 2.67 bits per heavy atom. The summed E-state index contributed by atoms with van der Waals surface area (Å²) in [5.74, 6) is -0.244. The van der Waals surface area contributed by atoms with Crippen LogP contribution in [-0.4, -0.2) is 91.1 Å². The molecule has 0 aliphatic carbocycles. The molecule has 9 heteroatoms.